The summed E-state index contributed by atoms with van der Waals surface area (Å²) >= 11 is 0. The van der Waals surface area contributed by atoms with E-state index in [1.165, 1.54) is 12.1 Å². The number of anilines is 3. The maximum absolute atomic E-state index is 13.6. The monoisotopic (exact) mass is 491 g/mol. The molecule has 3 heterocycles. The Morgan fingerprint density at radius 1 is 1.09 bits per heavy atom. The van der Waals surface area contributed by atoms with Gasteiger partial charge in [-0.25, -0.2) is 23.2 Å². The molecular formula is C24H25N7O3S. The molecule has 180 valence electrons. The number of nitrogens with two attached hydrogens (primary N) is 1. The Labute approximate surface area is 203 Å². The molecule has 0 bridgehead atoms. The average Bonchev–Trinajstić information content (AvgIpc) is 3.52. The average molecular weight is 492 g/mol. The summed E-state index contributed by atoms with van der Waals surface area (Å²) in [6, 6.07) is 16.4. The number of aliphatic imine (C=N–C) groups is 1. The molecule has 35 heavy (non-hydrogen) atoms. The number of carbonyl (C=O) groups excluding carboxylic acids is 1. The van der Waals surface area contributed by atoms with Gasteiger partial charge in [-0.1, -0.05) is 30.3 Å². The van der Waals surface area contributed by atoms with Gasteiger partial charge in [0.25, 0.3) is 5.91 Å². The van der Waals surface area contributed by atoms with Gasteiger partial charge in [-0.2, -0.15) is 5.10 Å². The van der Waals surface area contributed by atoms with E-state index in [4.69, 9.17) is 15.2 Å². The van der Waals surface area contributed by atoms with Crippen molar-refractivity contribution in [3.05, 3.63) is 65.7 Å². The van der Waals surface area contributed by atoms with Crippen LogP contribution in [0.4, 0.5) is 17.3 Å². The van der Waals surface area contributed by atoms with Gasteiger partial charge in [-0.3, -0.25) is 14.6 Å². The molecule has 3 aliphatic rings. The largest absolute Gasteiger partial charge is 0.340 e. The summed E-state index contributed by atoms with van der Waals surface area (Å²) in [6.45, 7) is 0.332. The maximum Gasteiger partial charge on any atom is 0.267 e. The van der Waals surface area contributed by atoms with Crippen LogP contribution in [0.2, 0.25) is 0 Å². The zero-order valence-corrected chi connectivity index (χ0v) is 19.9. The lowest BCUT2D eigenvalue weighted by atomic mass is 10.1. The minimum Gasteiger partial charge on any atom is -0.340 e. The number of rotatable bonds is 5. The molecule has 1 unspecified atom stereocenters. The second kappa shape index (κ2) is 7.92. The lowest BCUT2D eigenvalue weighted by Crippen LogP contribution is -2.51. The van der Waals surface area contributed by atoms with Crippen molar-refractivity contribution in [2.24, 2.45) is 10.1 Å². The minimum absolute atomic E-state index is 0.0469. The first-order valence-corrected chi connectivity index (χ1v) is 13.1. The summed E-state index contributed by atoms with van der Waals surface area (Å²) in [5, 5.41) is 13.5. The van der Waals surface area contributed by atoms with E-state index in [2.05, 4.69) is 10.2 Å². The highest BCUT2D eigenvalue weighted by molar-refractivity contribution is 7.89. The number of para-hydroxylation sites is 1. The van der Waals surface area contributed by atoms with E-state index < -0.39 is 10.0 Å². The zero-order chi connectivity index (χ0) is 24.3. The molecule has 0 saturated heterocycles. The summed E-state index contributed by atoms with van der Waals surface area (Å²) in [7, 11) is -2.02. The van der Waals surface area contributed by atoms with Crippen molar-refractivity contribution >= 4 is 39.2 Å². The summed E-state index contributed by atoms with van der Waals surface area (Å²) < 4.78 is 25.1. The normalized spacial score (nSPS) is 21.0. The summed E-state index contributed by atoms with van der Waals surface area (Å²) in [4.78, 5) is 22.2. The highest BCUT2D eigenvalue weighted by Crippen LogP contribution is 2.42. The van der Waals surface area contributed by atoms with Crippen LogP contribution in [0.15, 0.2) is 64.5 Å². The fourth-order valence-electron chi connectivity index (χ4n) is 5.16. The fourth-order valence-corrected chi connectivity index (χ4v) is 5.68. The van der Waals surface area contributed by atoms with E-state index in [9.17, 15) is 13.2 Å². The van der Waals surface area contributed by atoms with Crippen molar-refractivity contribution in [1.29, 1.82) is 0 Å². The lowest BCUT2D eigenvalue weighted by molar-refractivity contribution is 0.0866. The molecule has 2 aliphatic heterocycles. The van der Waals surface area contributed by atoms with Gasteiger partial charge in [0.1, 0.15) is 11.4 Å². The first kappa shape index (κ1) is 21.8. The number of sulfonamides is 1. The van der Waals surface area contributed by atoms with Gasteiger partial charge in [0.05, 0.1) is 23.5 Å². The van der Waals surface area contributed by atoms with E-state index in [-0.39, 0.29) is 22.9 Å². The number of nitrogens with zero attached hydrogens (tertiary/aromatic N) is 5. The van der Waals surface area contributed by atoms with E-state index in [0.29, 0.717) is 29.7 Å². The predicted molar refractivity (Wildman–Crippen MR) is 132 cm³/mol. The Kier molecular flexibility index (Phi) is 4.94. The van der Waals surface area contributed by atoms with Gasteiger partial charge in [0, 0.05) is 12.7 Å². The number of hydrogen-bond donors (Lipinski definition) is 2. The van der Waals surface area contributed by atoms with Crippen molar-refractivity contribution in [2.45, 2.75) is 42.8 Å². The molecule has 10 nitrogen and oxygen atoms in total. The molecule has 11 heteroatoms. The van der Waals surface area contributed by atoms with E-state index in [1.54, 1.807) is 28.8 Å². The number of nitrogens with one attached hydrogen (secondary N) is 1. The minimum atomic E-state index is -3.78. The standard InChI is InChI=1S/C24H25N7O3S/c1-29-23(32)20-21(26-16-6-3-2-4-7-16)30(14-15-10-12-17(13-11-15)35(25,33)34)28-22(20)31-19-9-5-8-18(19)27-24(29)31/h2-4,6-7,10-13,18-19,26H,5,8-9,14H2,1H3,(H2,25,33,34)/t18-,19?/m1/s1. The van der Waals surface area contributed by atoms with Gasteiger partial charge >= 0.3 is 0 Å². The highest BCUT2D eigenvalue weighted by atomic mass is 32.2. The quantitative estimate of drug-likeness (QED) is 0.565. The Bertz CT molecular complexity index is 1450. The van der Waals surface area contributed by atoms with Crippen LogP contribution in [-0.4, -0.2) is 54.1 Å². The molecule has 2 aromatic carbocycles. The SMILES string of the molecule is CN1C(=O)c2c(nn(Cc3ccc(S(N)(=O)=O)cc3)c2Nc2ccccc2)N2C1=N[C@@H]1CCCC12. The van der Waals surface area contributed by atoms with Crippen LogP contribution in [0, 0.1) is 0 Å². The van der Waals surface area contributed by atoms with Gasteiger partial charge in [-0.15, -0.1) is 0 Å². The predicted octanol–water partition coefficient (Wildman–Crippen LogP) is 2.51. The van der Waals surface area contributed by atoms with E-state index in [0.717, 1.165) is 30.5 Å². The molecule has 1 aromatic heterocycles. The summed E-state index contributed by atoms with van der Waals surface area (Å²) in [5.41, 5.74) is 2.16. The highest BCUT2D eigenvalue weighted by Gasteiger charge is 2.49. The van der Waals surface area contributed by atoms with Crippen LogP contribution in [0.1, 0.15) is 35.2 Å². The zero-order valence-electron chi connectivity index (χ0n) is 19.1. The third kappa shape index (κ3) is 3.58. The van der Waals surface area contributed by atoms with Gasteiger partial charge in [0.15, 0.2) is 5.82 Å². The Morgan fingerprint density at radius 3 is 2.54 bits per heavy atom. The number of hydrogen-bond acceptors (Lipinski definition) is 7. The van der Waals surface area contributed by atoms with E-state index >= 15 is 0 Å². The van der Waals surface area contributed by atoms with Crippen LogP contribution in [0.5, 0.6) is 0 Å². The molecule has 6 rings (SSSR count). The Balaban J connectivity index is 1.46. The molecule has 1 fully saturated rings. The summed E-state index contributed by atoms with van der Waals surface area (Å²) in [6.07, 6.45) is 3.11. The first-order chi connectivity index (χ1) is 16.8. The van der Waals surface area contributed by atoms with Crippen LogP contribution >= 0.6 is 0 Å². The second-order valence-electron chi connectivity index (χ2n) is 9.11. The molecule has 1 aliphatic carbocycles. The number of primary sulfonamides is 1. The first-order valence-electron chi connectivity index (χ1n) is 11.5. The third-order valence-corrected chi connectivity index (χ3v) is 7.80. The maximum atomic E-state index is 13.6. The molecule has 2 atom stereocenters. The van der Waals surface area contributed by atoms with Gasteiger partial charge < -0.3 is 5.32 Å². The number of fused-ring (bicyclic) bond motifs is 5. The topological polar surface area (TPSA) is 126 Å². The molecule has 3 N–H and O–H groups in total. The molecule has 1 saturated carbocycles. The number of guanidine groups is 1. The van der Waals surface area contributed by atoms with Gasteiger partial charge in [-0.05, 0) is 49.1 Å². The lowest BCUT2D eigenvalue weighted by Gasteiger charge is -2.34. The Morgan fingerprint density at radius 2 is 1.83 bits per heavy atom. The van der Waals surface area contributed by atoms with Crippen LogP contribution in [0.3, 0.4) is 0 Å². The van der Waals surface area contributed by atoms with Crippen LogP contribution in [-0.2, 0) is 16.6 Å². The number of aromatic nitrogens is 2. The second-order valence-corrected chi connectivity index (χ2v) is 10.7. The third-order valence-electron chi connectivity index (χ3n) is 6.87. The molecule has 3 aromatic rings. The number of benzene rings is 2. The van der Waals surface area contributed by atoms with Crippen LogP contribution in [0.25, 0.3) is 0 Å². The molecule has 0 radical (unpaired) electrons. The van der Waals surface area contributed by atoms with Gasteiger partial charge in [0.2, 0.25) is 16.0 Å². The van der Waals surface area contributed by atoms with Crippen molar-refractivity contribution in [1.82, 2.24) is 14.7 Å². The Hall–Kier alpha value is -3.70. The molecule has 0 spiro atoms. The van der Waals surface area contributed by atoms with Crippen molar-refractivity contribution < 1.29 is 13.2 Å². The summed E-state index contributed by atoms with van der Waals surface area (Å²) in [5.74, 6) is 1.69. The van der Waals surface area contributed by atoms with Crippen molar-refractivity contribution in [2.75, 3.05) is 17.3 Å². The molecular weight excluding hydrogens is 466 g/mol. The van der Waals surface area contributed by atoms with E-state index in [1.807, 2.05) is 30.3 Å². The van der Waals surface area contributed by atoms with Crippen molar-refractivity contribution in [3.8, 4) is 0 Å². The molecule has 1 amide bonds. The smallest absolute Gasteiger partial charge is 0.267 e. The number of amides is 1. The number of carbonyl (C=O) groups is 1. The fraction of sp³-hybridized carbons (Fsp3) is 0.292. The van der Waals surface area contributed by atoms with Crippen LogP contribution < -0.4 is 15.4 Å². The van der Waals surface area contributed by atoms with Crippen molar-refractivity contribution in [3.63, 3.8) is 0 Å².